The monoisotopic (exact) mass is 256 g/mol. The maximum absolute atomic E-state index is 12.4. The molecule has 0 fully saturated rings. The van der Waals surface area contributed by atoms with E-state index in [1.807, 2.05) is 0 Å². The van der Waals surface area contributed by atoms with E-state index >= 15 is 0 Å². The fraction of sp³-hybridized carbons (Fsp3) is 0.200. The molecule has 0 radical (unpaired) electrons. The number of aryl methyl sites for hydroxylation is 1. The molecule has 0 aliphatic heterocycles. The molecule has 5 nitrogen and oxygen atoms in total. The number of benzene rings is 1. The lowest BCUT2D eigenvalue weighted by Gasteiger charge is -2.07. The summed E-state index contributed by atoms with van der Waals surface area (Å²) in [7, 11) is -4.59. The Labute approximate surface area is 96.7 Å². The first-order valence-electron chi connectivity index (χ1n) is 4.84. The molecule has 0 saturated carbocycles. The molecule has 2 rings (SSSR count). The van der Waals surface area contributed by atoms with Crippen molar-refractivity contribution in [2.24, 2.45) is 0 Å². The molecule has 2 aromatic rings. The zero-order chi connectivity index (χ0) is 12.5. The summed E-state index contributed by atoms with van der Waals surface area (Å²) < 4.78 is 34.6. The quantitative estimate of drug-likeness (QED) is 0.758. The van der Waals surface area contributed by atoms with E-state index in [1.54, 1.807) is 24.3 Å². The van der Waals surface area contributed by atoms with Gasteiger partial charge in [-0.2, -0.15) is 8.42 Å². The van der Waals surface area contributed by atoms with Gasteiger partial charge in [0.2, 0.25) is 0 Å². The lowest BCUT2D eigenvalue weighted by molar-refractivity contribution is 0.545. The smallest absolute Gasteiger partial charge is 0.304 e. The van der Waals surface area contributed by atoms with Crippen LogP contribution >= 0.6 is 0 Å². The highest BCUT2D eigenvalue weighted by Crippen LogP contribution is 2.08. The number of halogens is 1. The zero-order valence-electron chi connectivity index (χ0n) is 8.71. The minimum atomic E-state index is -4.59. The second-order valence-electron chi connectivity index (χ2n) is 3.48. The molecule has 7 heteroatoms. The van der Waals surface area contributed by atoms with Crippen molar-refractivity contribution in [3.63, 3.8) is 0 Å². The summed E-state index contributed by atoms with van der Waals surface area (Å²) in [6.45, 7) is -0.222. The van der Waals surface area contributed by atoms with Crippen LogP contribution < -0.4 is 5.56 Å². The number of nitrogens with zero attached hydrogens (tertiary/aromatic N) is 2. The van der Waals surface area contributed by atoms with Crippen LogP contribution in [0.3, 0.4) is 0 Å². The molecule has 1 heterocycles. The Hall–Kier alpha value is -1.76. The summed E-state index contributed by atoms with van der Waals surface area (Å²) >= 11 is 0. The van der Waals surface area contributed by atoms with Gasteiger partial charge in [-0.1, -0.05) is 12.1 Å². The summed E-state index contributed by atoms with van der Waals surface area (Å²) in [5, 5.41) is 0. The van der Waals surface area contributed by atoms with Crippen molar-refractivity contribution in [1.82, 2.24) is 9.55 Å². The molecule has 0 atom stereocenters. The number of fused-ring (bicyclic) bond motifs is 1. The van der Waals surface area contributed by atoms with Crippen molar-refractivity contribution < 1.29 is 12.3 Å². The van der Waals surface area contributed by atoms with Crippen LogP contribution in [0.2, 0.25) is 0 Å². The Morgan fingerprint density at radius 1 is 1.29 bits per heavy atom. The van der Waals surface area contributed by atoms with Gasteiger partial charge < -0.3 is 4.57 Å². The minimum Gasteiger partial charge on any atom is -0.304 e. The molecule has 17 heavy (non-hydrogen) atoms. The molecule has 0 bridgehead atoms. The van der Waals surface area contributed by atoms with Crippen molar-refractivity contribution in [2.75, 3.05) is 5.75 Å². The van der Waals surface area contributed by atoms with E-state index in [0.29, 0.717) is 11.0 Å². The maximum atomic E-state index is 12.4. The van der Waals surface area contributed by atoms with Crippen molar-refractivity contribution in [3.05, 3.63) is 40.8 Å². The highest BCUT2D eigenvalue weighted by atomic mass is 32.3. The lowest BCUT2D eigenvalue weighted by Crippen LogP contribution is -2.23. The van der Waals surface area contributed by atoms with Gasteiger partial charge in [-0.25, -0.2) is 4.98 Å². The molecular formula is C10H9FN2O3S. The number of rotatable bonds is 3. The van der Waals surface area contributed by atoms with E-state index in [1.165, 1.54) is 4.57 Å². The van der Waals surface area contributed by atoms with E-state index in [4.69, 9.17) is 0 Å². The third-order valence-corrected chi connectivity index (χ3v) is 2.98. The Balaban J connectivity index is 2.52. The van der Waals surface area contributed by atoms with Gasteiger partial charge in [0.05, 0.1) is 23.0 Å². The molecule has 0 spiro atoms. The SMILES string of the molecule is O=c1cnc2ccccc2n1CCS(=O)(=O)F. The van der Waals surface area contributed by atoms with Gasteiger partial charge in [0.1, 0.15) is 0 Å². The summed E-state index contributed by atoms with van der Waals surface area (Å²) in [6.07, 6.45) is 1.09. The molecular weight excluding hydrogens is 247 g/mol. The van der Waals surface area contributed by atoms with E-state index in [2.05, 4.69) is 4.98 Å². The van der Waals surface area contributed by atoms with Crippen LogP contribution in [0.15, 0.2) is 35.3 Å². The molecule has 0 saturated heterocycles. The van der Waals surface area contributed by atoms with Gasteiger partial charge in [0.15, 0.2) is 0 Å². The highest BCUT2D eigenvalue weighted by molar-refractivity contribution is 7.86. The van der Waals surface area contributed by atoms with Crippen LogP contribution in [0.4, 0.5) is 3.89 Å². The molecule has 1 aromatic carbocycles. The third-order valence-electron chi connectivity index (χ3n) is 2.31. The Morgan fingerprint density at radius 2 is 2.00 bits per heavy atom. The van der Waals surface area contributed by atoms with Crippen molar-refractivity contribution >= 4 is 21.3 Å². The Bertz CT molecular complexity index is 709. The third kappa shape index (κ3) is 2.68. The predicted molar refractivity (Wildman–Crippen MR) is 60.9 cm³/mol. The second kappa shape index (κ2) is 4.25. The van der Waals surface area contributed by atoms with E-state index < -0.39 is 21.5 Å². The first-order valence-corrected chi connectivity index (χ1v) is 6.39. The Kier molecular flexibility index (Phi) is 2.93. The summed E-state index contributed by atoms with van der Waals surface area (Å²) in [5.41, 5.74) is 0.597. The average Bonchev–Trinajstić information content (AvgIpc) is 2.26. The van der Waals surface area contributed by atoms with E-state index in [9.17, 15) is 17.1 Å². The van der Waals surface area contributed by atoms with Gasteiger partial charge in [0.25, 0.3) is 5.56 Å². The van der Waals surface area contributed by atoms with Gasteiger partial charge in [-0.05, 0) is 12.1 Å². The number of para-hydroxylation sites is 2. The summed E-state index contributed by atoms with van der Waals surface area (Å²) in [4.78, 5) is 15.4. The second-order valence-corrected chi connectivity index (χ2v) is 4.97. The topological polar surface area (TPSA) is 69.0 Å². The fourth-order valence-corrected chi connectivity index (χ4v) is 1.95. The molecule has 0 aliphatic carbocycles. The minimum absolute atomic E-state index is 0.222. The first-order chi connectivity index (χ1) is 7.97. The highest BCUT2D eigenvalue weighted by Gasteiger charge is 2.10. The van der Waals surface area contributed by atoms with Crippen molar-refractivity contribution in [1.29, 1.82) is 0 Å². The molecule has 0 N–H and O–H groups in total. The number of hydrogen-bond donors (Lipinski definition) is 0. The van der Waals surface area contributed by atoms with Gasteiger partial charge in [0, 0.05) is 6.54 Å². The molecule has 90 valence electrons. The Morgan fingerprint density at radius 3 is 2.71 bits per heavy atom. The van der Waals surface area contributed by atoms with Crippen LogP contribution in [-0.2, 0) is 16.8 Å². The standard InChI is InChI=1S/C10H9FN2O3S/c11-17(15,16)6-5-13-9-4-2-1-3-8(9)12-7-10(13)14/h1-4,7H,5-6H2. The summed E-state index contributed by atoms with van der Waals surface area (Å²) in [6, 6.07) is 6.77. The van der Waals surface area contributed by atoms with Crippen LogP contribution in [0.1, 0.15) is 0 Å². The predicted octanol–water partition coefficient (Wildman–Crippen LogP) is 0.696. The van der Waals surface area contributed by atoms with Gasteiger partial charge >= 0.3 is 10.2 Å². The maximum Gasteiger partial charge on any atom is 0.304 e. The molecule has 1 aromatic heterocycles. The van der Waals surface area contributed by atoms with E-state index in [-0.39, 0.29) is 6.54 Å². The largest absolute Gasteiger partial charge is 0.304 e. The van der Waals surface area contributed by atoms with Crippen molar-refractivity contribution in [2.45, 2.75) is 6.54 Å². The average molecular weight is 256 g/mol. The lowest BCUT2D eigenvalue weighted by atomic mass is 10.3. The van der Waals surface area contributed by atoms with Crippen LogP contribution in [0.5, 0.6) is 0 Å². The van der Waals surface area contributed by atoms with Gasteiger partial charge in [-0.15, -0.1) is 3.89 Å². The number of hydrogen-bond acceptors (Lipinski definition) is 4. The molecule has 0 amide bonds. The zero-order valence-corrected chi connectivity index (χ0v) is 9.52. The fourth-order valence-electron chi connectivity index (χ4n) is 1.55. The van der Waals surface area contributed by atoms with Crippen LogP contribution in [-0.4, -0.2) is 23.7 Å². The normalized spacial score (nSPS) is 11.8. The van der Waals surface area contributed by atoms with Crippen LogP contribution in [0.25, 0.3) is 11.0 Å². The molecule has 0 unspecified atom stereocenters. The van der Waals surface area contributed by atoms with Crippen LogP contribution in [0, 0.1) is 0 Å². The van der Waals surface area contributed by atoms with Gasteiger partial charge in [-0.3, -0.25) is 4.79 Å². The first kappa shape index (κ1) is 11.7. The summed E-state index contributed by atoms with van der Waals surface area (Å²) in [5.74, 6) is -0.721. The van der Waals surface area contributed by atoms with Crippen molar-refractivity contribution in [3.8, 4) is 0 Å². The molecule has 0 aliphatic rings. The number of aromatic nitrogens is 2. The van der Waals surface area contributed by atoms with E-state index in [0.717, 1.165) is 6.20 Å².